The molecule has 0 aliphatic carbocycles. The second-order valence-electron chi connectivity index (χ2n) is 5.47. The molecule has 2 aromatic rings. The van der Waals surface area contributed by atoms with E-state index in [0.717, 1.165) is 12.0 Å². The highest BCUT2D eigenvalue weighted by atomic mass is 16.2. The number of urea groups is 1. The number of nitrogens with zero attached hydrogens (tertiary/aromatic N) is 1. The number of Topliss-reactive ketones (excluding diaryl/α,β-unsaturated/α-hetero) is 1. The van der Waals surface area contributed by atoms with Crippen LogP contribution in [-0.4, -0.2) is 23.3 Å². The van der Waals surface area contributed by atoms with Crippen molar-refractivity contribution in [1.82, 2.24) is 4.90 Å². The van der Waals surface area contributed by atoms with Crippen molar-refractivity contribution in [3.05, 3.63) is 65.7 Å². The van der Waals surface area contributed by atoms with E-state index in [-0.39, 0.29) is 11.8 Å². The minimum absolute atomic E-state index is 0.0135. The van der Waals surface area contributed by atoms with E-state index in [1.54, 1.807) is 29.2 Å². The van der Waals surface area contributed by atoms with E-state index in [0.29, 0.717) is 24.3 Å². The van der Waals surface area contributed by atoms with Gasteiger partial charge in [-0.25, -0.2) is 4.79 Å². The van der Waals surface area contributed by atoms with Crippen molar-refractivity contribution in [1.29, 1.82) is 0 Å². The Hall–Kier alpha value is -2.62. The molecule has 0 saturated heterocycles. The van der Waals surface area contributed by atoms with Gasteiger partial charge in [-0.15, -0.1) is 0 Å². The van der Waals surface area contributed by atoms with E-state index in [9.17, 15) is 9.59 Å². The van der Waals surface area contributed by atoms with Crippen molar-refractivity contribution in [2.24, 2.45) is 0 Å². The minimum atomic E-state index is -0.133. The zero-order valence-electron chi connectivity index (χ0n) is 13.6. The molecule has 2 rings (SSSR count). The molecule has 4 heteroatoms. The Morgan fingerprint density at radius 2 is 1.65 bits per heavy atom. The number of amides is 2. The van der Waals surface area contributed by atoms with E-state index >= 15 is 0 Å². The number of rotatable bonds is 6. The van der Waals surface area contributed by atoms with Crippen LogP contribution in [-0.2, 0) is 6.54 Å². The Morgan fingerprint density at radius 3 is 2.22 bits per heavy atom. The zero-order valence-corrected chi connectivity index (χ0v) is 13.6. The first-order valence-corrected chi connectivity index (χ1v) is 7.81. The highest BCUT2D eigenvalue weighted by Crippen LogP contribution is 2.12. The highest BCUT2D eigenvalue weighted by Gasteiger charge is 2.13. The summed E-state index contributed by atoms with van der Waals surface area (Å²) in [5.41, 5.74) is 2.43. The predicted octanol–water partition coefficient (Wildman–Crippen LogP) is 4.33. The second-order valence-corrected chi connectivity index (χ2v) is 5.47. The number of carbonyl (C=O) groups is 2. The van der Waals surface area contributed by atoms with Gasteiger partial charge >= 0.3 is 6.03 Å². The summed E-state index contributed by atoms with van der Waals surface area (Å²) in [4.78, 5) is 25.5. The minimum Gasteiger partial charge on any atom is -0.320 e. The van der Waals surface area contributed by atoms with Gasteiger partial charge in [0.05, 0.1) is 0 Å². The number of hydrogen-bond acceptors (Lipinski definition) is 2. The maximum absolute atomic E-state index is 12.5. The Kier molecular flexibility index (Phi) is 5.92. The monoisotopic (exact) mass is 310 g/mol. The van der Waals surface area contributed by atoms with E-state index in [2.05, 4.69) is 5.32 Å². The number of hydrogen-bond donors (Lipinski definition) is 1. The summed E-state index contributed by atoms with van der Waals surface area (Å²) in [6.07, 6.45) is 0.892. The first-order valence-electron chi connectivity index (χ1n) is 7.81. The summed E-state index contributed by atoms with van der Waals surface area (Å²) in [6, 6.07) is 16.7. The quantitative estimate of drug-likeness (QED) is 0.807. The second kappa shape index (κ2) is 8.13. The van der Waals surface area contributed by atoms with Gasteiger partial charge in [0, 0.05) is 24.3 Å². The molecular weight excluding hydrogens is 288 g/mol. The molecule has 0 bridgehead atoms. The molecule has 0 aromatic heterocycles. The standard InChI is InChI=1S/C19H22N2O2/c1-3-13-21(14-16-7-5-4-6-8-16)19(23)20-18-11-9-17(10-12-18)15(2)22/h4-12H,3,13-14H2,1-2H3,(H,20,23). The van der Waals surface area contributed by atoms with Crippen LogP contribution in [0.2, 0.25) is 0 Å². The molecule has 0 radical (unpaired) electrons. The number of nitrogens with one attached hydrogen (secondary N) is 1. The molecule has 0 unspecified atom stereocenters. The fourth-order valence-corrected chi connectivity index (χ4v) is 2.32. The van der Waals surface area contributed by atoms with Gasteiger partial charge in [0.1, 0.15) is 0 Å². The van der Waals surface area contributed by atoms with Gasteiger partial charge in [-0.3, -0.25) is 4.79 Å². The number of benzene rings is 2. The van der Waals surface area contributed by atoms with Crippen LogP contribution in [0, 0.1) is 0 Å². The Morgan fingerprint density at radius 1 is 1.00 bits per heavy atom. The van der Waals surface area contributed by atoms with Crippen LogP contribution in [0.15, 0.2) is 54.6 Å². The van der Waals surface area contributed by atoms with Crippen LogP contribution in [0.3, 0.4) is 0 Å². The molecule has 0 atom stereocenters. The summed E-state index contributed by atoms with van der Waals surface area (Å²) < 4.78 is 0. The summed E-state index contributed by atoms with van der Waals surface area (Å²) in [7, 11) is 0. The van der Waals surface area contributed by atoms with Crippen molar-refractivity contribution >= 4 is 17.5 Å². The summed E-state index contributed by atoms with van der Waals surface area (Å²) in [6.45, 7) is 4.83. The summed E-state index contributed by atoms with van der Waals surface area (Å²) in [5.74, 6) is 0.0135. The maximum Gasteiger partial charge on any atom is 0.322 e. The number of carbonyl (C=O) groups excluding carboxylic acids is 2. The normalized spacial score (nSPS) is 10.2. The average molecular weight is 310 g/mol. The van der Waals surface area contributed by atoms with Gasteiger partial charge in [0.15, 0.2) is 5.78 Å². The van der Waals surface area contributed by atoms with E-state index in [4.69, 9.17) is 0 Å². The Labute approximate surface area is 137 Å². The van der Waals surface area contributed by atoms with Crippen LogP contribution in [0.25, 0.3) is 0 Å². The largest absolute Gasteiger partial charge is 0.322 e. The van der Waals surface area contributed by atoms with Crippen molar-refractivity contribution in [2.45, 2.75) is 26.8 Å². The average Bonchev–Trinajstić information content (AvgIpc) is 2.56. The molecule has 0 saturated carbocycles. The Bertz CT molecular complexity index is 651. The molecule has 2 amide bonds. The van der Waals surface area contributed by atoms with Crippen LogP contribution in [0.1, 0.15) is 36.2 Å². The van der Waals surface area contributed by atoms with E-state index < -0.39 is 0 Å². The first kappa shape index (κ1) is 16.7. The number of anilines is 1. The predicted molar refractivity (Wildman–Crippen MR) is 92.6 cm³/mol. The van der Waals surface area contributed by atoms with Crippen molar-refractivity contribution in [3.8, 4) is 0 Å². The summed E-state index contributed by atoms with van der Waals surface area (Å²) in [5, 5.41) is 2.89. The van der Waals surface area contributed by atoms with Gasteiger partial charge in [-0.1, -0.05) is 37.3 Å². The molecule has 0 heterocycles. The van der Waals surface area contributed by atoms with Crippen molar-refractivity contribution < 1.29 is 9.59 Å². The molecule has 2 aromatic carbocycles. The molecule has 0 spiro atoms. The van der Waals surface area contributed by atoms with Gasteiger partial charge in [-0.05, 0) is 43.2 Å². The van der Waals surface area contributed by atoms with Gasteiger partial charge in [0.25, 0.3) is 0 Å². The van der Waals surface area contributed by atoms with Gasteiger partial charge in [-0.2, -0.15) is 0 Å². The lowest BCUT2D eigenvalue weighted by atomic mass is 10.1. The van der Waals surface area contributed by atoms with Crippen molar-refractivity contribution in [2.75, 3.05) is 11.9 Å². The lowest BCUT2D eigenvalue weighted by molar-refractivity contribution is 0.101. The van der Waals surface area contributed by atoms with Crippen LogP contribution < -0.4 is 5.32 Å². The molecule has 0 fully saturated rings. The molecule has 0 aliphatic rings. The highest BCUT2D eigenvalue weighted by molar-refractivity contribution is 5.95. The third-order valence-electron chi connectivity index (χ3n) is 3.54. The number of ketones is 1. The van der Waals surface area contributed by atoms with E-state index in [1.165, 1.54) is 6.92 Å². The SMILES string of the molecule is CCCN(Cc1ccccc1)C(=O)Nc1ccc(C(C)=O)cc1. The van der Waals surface area contributed by atoms with Crippen LogP contribution in [0.5, 0.6) is 0 Å². The smallest absolute Gasteiger partial charge is 0.320 e. The molecule has 0 aliphatic heterocycles. The van der Waals surface area contributed by atoms with Gasteiger partial charge in [0.2, 0.25) is 0 Å². The molecule has 23 heavy (non-hydrogen) atoms. The Balaban J connectivity index is 2.04. The molecule has 120 valence electrons. The van der Waals surface area contributed by atoms with Crippen LogP contribution in [0.4, 0.5) is 10.5 Å². The molecular formula is C19H22N2O2. The first-order chi connectivity index (χ1) is 11.1. The third kappa shape index (κ3) is 4.95. The third-order valence-corrected chi connectivity index (χ3v) is 3.54. The lowest BCUT2D eigenvalue weighted by Gasteiger charge is -2.22. The van der Waals surface area contributed by atoms with Gasteiger partial charge < -0.3 is 10.2 Å². The van der Waals surface area contributed by atoms with Crippen LogP contribution >= 0.6 is 0 Å². The maximum atomic E-state index is 12.5. The van der Waals surface area contributed by atoms with Crippen molar-refractivity contribution in [3.63, 3.8) is 0 Å². The molecule has 4 nitrogen and oxygen atoms in total. The lowest BCUT2D eigenvalue weighted by Crippen LogP contribution is -2.35. The summed E-state index contributed by atoms with van der Waals surface area (Å²) >= 11 is 0. The fraction of sp³-hybridized carbons (Fsp3) is 0.263. The fourth-order valence-electron chi connectivity index (χ4n) is 2.32. The zero-order chi connectivity index (χ0) is 16.7. The topological polar surface area (TPSA) is 49.4 Å². The van der Waals surface area contributed by atoms with E-state index in [1.807, 2.05) is 37.3 Å². The molecule has 1 N–H and O–H groups in total.